The summed E-state index contributed by atoms with van der Waals surface area (Å²) in [6, 6.07) is 9.85. The van der Waals surface area contributed by atoms with Crippen molar-refractivity contribution in [2.45, 2.75) is 40.3 Å². The minimum atomic E-state index is 0.0353. The van der Waals surface area contributed by atoms with Crippen molar-refractivity contribution >= 4 is 5.96 Å². The molecule has 6 heteroatoms. The minimum absolute atomic E-state index is 0.0353. The first kappa shape index (κ1) is 18.8. The van der Waals surface area contributed by atoms with Gasteiger partial charge in [-0.25, -0.2) is 4.99 Å². The molecule has 0 bridgehead atoms. The Kier molecular flexibility index (Phi) is 6.86. The van der Waals surface area contributed by atoms with E-state index in [0.717, 1.165) is 29.6 Å². The zero-order chi connectivity index (χ0) is 18.2. The second kappa shape index (κ2) is 9.11. The van der Waals surface area contributed by atoms with E-state index < -0.39 is 0 Å². The molecule has 1 atom stereocenters. The van der Waals surface area contributed by atoms with E-state index in [4.69, 9.17) is 4.74 Å². The van der Waals surface area contributed by atoms with Crippen LogP contribution in [0, 0.1) is 13.8 Å². The van der Waals surface area contributed by atoms with E-state index in [2.05, 4.69) is 34.6 Å². The van der Waals surface area contributed by atoms with E-state index in [1.807, 2.05) is 55.9 Å². The van der Waals surface area contributed by atoms with E-state index in [9.17, 15) is 0 Å². The molecule has 0 saturated carbocycles. The number of aromatic nitrogens is 2. The molecule has 1 aromatic heterocycles. The van der Waals surface area contributed by atoms with E-state index in [1.165, 1.54) is 5.56 Å². The van der Waals surface area contributed by atoms with Crippen molar-refractivity contribution in [3.8, 4) is 5.75 Å². The molecule has 1 aromatic carbocycles. The average Bonchev–Trinajstić information content (AvgIpc) is 2.83. The Morgan fingerprint density at radius 2 is 1.96 bits per heavy atom. The molecule has 0 aliphatic rings. The van der Waals surface area contributed by atoms with Crippen LogP contribution in [-0.2, 0) is 13.6 Å². The van der Waals surface area contributed by atoms with Crippen molar-refractivity contribution in [3.63, 3.8) is 0 Å². The van der Waals surface area contributed by atoms with E-state index in [0.29, 0.717) is 13.1 Å². The highest BCUT2D eigenvalue weighted by Gasteiger charge is 2.10. The fourth-order valence-electron chi connectivity index (χ4n) is 2.56. The monoisotopic (exact) mass is 343 g/mol. The fourth-order valence-corrected chi connectivity index (χ4v) is 2.56. The normalized spacial score (nSPS) is 12.8. The largest absolute Gasteiger partial charge is 0.489 e. The van der Waals surface area contributed by atoms with Crippen LogP contribution in [0.15, 0.2) is 35.3 Å². The number of benzene rings is 1. The van der Waals surface area contributed by atoms with Crippen LogP contribution < -0.4 is 15.4 Å². The van der Waals surface area contributed by atoms with Gasteiger partial charge >= 0.3 is 0 Å². The SMILES string of the molecule is CCNC(=NCc1c(C)nn(C)c1C)NCC(C)Oc1ccccc1. The van der Waals surface area contributed by atoms with Gasteiger partial charge in [0.05, 0.1) is 18.8 Å². The fraction of sp³-hybridized carbons (Fsp3) is 0.474. The zero-order valence-electron chi connectivity index (χ0n) is 15.8. The van der Waals surface area contributed by atoms with Crippen LogP contribution in [0.5, 0.6) is 5.75 Å². The van der Waals surface area contributed by atoms with Crippen molar-refractivity contribution in [2.75, 3.05) is 13.1 Å². The Morgan fingerprint density at radius 3 is 2.56 bits per heavy atom. The first-order valence-electron chi connectivity index (χ1n) is 8.74. The van der Waals surface area contributed by atoms with Crippen LogP contribution in [0.3, 0.4) is 0 Å². The minimum Gasteiger partial charge on any atom is -0.489 e. The summed E-state index contributed by atoms with van der Waals surface area (Å²) in [5.74, 6) is 1.66. The van der Waals surface area contributed by atoms with Gasteiger partial charge in [0.25, 0.3) is 0 Å². The van der Waals surface area contributed by atoms with Crippen LogP contribution >= 0.6 is 0 Å². The van der Waals surface area contributed by atoms with Gasteiger partial charge in [0, 0.05) is 24.8 Å². The summed E-state index contributed by atoms with van der Waals surface area (Å²) in [7, 11) is 1.96. The Balaban J connectivity index is 1.93. The summed E-state index contributed by atoms with van der Waals surface area (Å²) >= 11 is 0. The number of aryl methyl sites for hydroxylation is 2. The maximum atomic E-state index is 5.89. The summed E-state index contributed by atoms with van der Waals surface area (Å²) in [4.78, 5) is 4.68. The molecule has 0 saturated heterocycles. The van der Waals surface area contributed by atoms with Crippen molar-refractivity contribution in [1.29, 1.82) is 0 Å². The number of nitrogens with one attached hydrogen (secondary N) is 2. The van der Waals surface area contributed by atoms with Crippen LogP contribution in [0.2, 0.25) is 0 Å². The van der Waals surface area contributed by atoms with E-state index in [1.54, 1.807) is 0 Å². The maximum absolute atomic E-state index is 5.89. The summed E-state index contributed by atoms with van der Waals surface area (Å²) in [6.45, 7) is 10.3. The maximum Gasteiger partial charge on any atom is 0.191 e. The quantitative estimate of drug-likeness (QED) is 0.599. The van der Waals surface area contributed by atoms with Gasteiger partial charge in [0.15, 0.2) is 5.96 Å². The molecular weight excluding hydrogens is 314 g/mol. The summed E-state index contributed by atoms with van der Waals surface area (Å²) in [5, 5.41) is 11.1. The number of hydrogen-bond acceptors (Lipinski definition) is 3. The number of ether oxygens (including phenoxy) is 1. The van der Waals surface area contributed by atoms with Crippen molar-refractivity contribution in [3.05, 3.63) is 47.3 Å². The van der Waals surface area contributed by atoms with Gasteiger partial charge < -0.3 is 15.4 Å². The number of rotatable bonds is 7. The third-order valence-corrected chi connectivity index (χ3v) is 4.04. The molecule has 0 radical (unpaired) electrons. The van der Waals surface area contributed by atoms with Gasteiger partial charge in [0.1, 0.15) is 11.9 Å². The molecule has 0 aliphatic carbocycles. The molecular formula is C19H29N5O. The third-order valence-electron chi connectivity index (χ3n) is 4.04. The van der Waals surface area contributed by atoms with Crippen molar-refractivity contribution in [2.24, 2.45) is 12.0 Å². The van der Waals surface area contributed by atoms with Gasteiger partial charge in [0.2, 0.25) is 0 Å². The van der Waals surface area contributed by atoms with E-state index >= 15 is 0 Å². The molecule has 25 heavy (non-hydrogen) atoms. The second-order valence-corrected chi connectivity index (χ2v) is 6.09. The van der Waals surface area contributed by atoms with Crippen molar-refractivity contribution in [1.82, 2.24) is 20.4 Å². The second-order valence-electron chi connectivity index (χ2n) is 6.09. The lowest BCUT2D eigenvalue weighted by molar-refractivity contribution is 0.224. The number of nitrogens with zero attached hydrogens (tertiary/aromatic N) is 3. The Hall–Kier alpha value is -2.50. The van der Waals surface area contributed by atoms with Gasteiger partial charge in [-0.05, 0) is 39.8 Å². The standard InChI is InChI=1S/C19H29N5O/c1-6-20-19(22-13-18-15(3)23-24(5)16(18)4)21-12-14(2)25-17-10-8-7-9-11-17/h7-11,14H,6,12-13H2,1-5H3,(H2,20,21,22). The lowest BCUT2D eigenvalue weighted by Crippen LogP contribution is -2.41. The Morgan fingerprint density at radius 1 is 1.24 bits per heavy atom. The molecule has 2 rings (SSSR count). The molecule has 6 nitrogen and oxygen atoms in total. The topological polar surface area (TPSA) is 63.5 Å². The Bertz CT molecular complexity index is 693. The number of para-hydroxylation sites is 1. The highest BCUT2D eigenvalue weighted by molar-refractivity contribution is 5.79. The highest BCUT2D eigenvalue weighted by atomic mass is 16.5. The molecule has 136 valence electrons. The third kappa shape index (κ3) is 5.52. The molecule has 0 aliphatic heterocycles. The summed E-state index contributed by atoms with van der Waals surface area (Å²) in [6.07, 6.45) is 0.0353. The lowest BCUT2D eigenvalue weighted by atomic mass is 10.2. The number of aliphatic imine (C=N–C) groups is 1. The molecule has 0 amide bonds. The molecule has 1 unspecified atom stereocenters. The van der Waals surface area contributed by atoms with Crippen LogP contribution in [0.1, 0.15) is 30.8 Å². The highest BCUT2D eigenvalue weighted by Crippen LogP contribution is 2.13. The number of hydrogen-bond donors (Lipinski definition) is 2. The molecule has 2 N–H and O–H groups in total. The average molecular weight is 343 g/mol. The summed E-state index contributed by atoms with van der Waals surface area (Å²) in [5.41, 5.74) is 3.35. The molecule has 2 aromatic rings. The van der Waals surface area contributed by atoms with Gasteiger partial charge in [-0.1, -0.05) is 18.2 Å². The van der Waals surface area contributed by atoms with Gasteiger partial charge in [-0.3, -0.25) is 4.68 Å². The zero-order valence-corrected chi connectivity index (χ0v) is 15.8. The van der Waals surface area contributed by atoms with Gasteiger partial charge in [-0.15, -0.1) is 0 Å². The van der Waals surface area contributed by atoms with Crippen LogP contribution in [0.25, 0.3) is 0 Å². The van der Waals surface area contributed by atoms with Crippen LogP contribution in [0.4, 0.5) is 0 Å². The van der Waals surface area contributed by atoms with E-state index in [-0.39, 0.29) is 6.10 Å². The predicted molar refractivity (Wildman–Crippen MR) is 102 cm³/mol. The number of guanidine groups is 1. The van der Waals surface area contributed by atoms with Gasteiger partial charge in [-0.2, -0.15) is 5.10 Å². The Labute approximate surface area is 150 Å². The molecule has 1 heterocycles. The van der Waals surface area contributed by atoms with Crippen molar-refractivity contribution < 1.29 is 4.74 Å². The molecule has 0 spiro atoms. The first-order valence-corrected chi connectivity index (χ1v) is 8.74. The first-order chi connectivity index (χ1) is 12.0. The predicted octanol–water partition coefficient (Wildman–Crippen LogP) is 2.56. The van der Waals surface area contributed by atoms with Crippen LogP contribution in [-0.4, -0.2) is 34.9 Å². The lowest BCUT2D eigenvalue weighted by Gasteiger charge is -2.17. The smallest absolute Gasteiger partial charge is 0.191 e. The molecule has 0 fully saturated rings. The summed E-state index contributed by atoms with van der Waals surface area (Å²) < 4.78 is 7.79.